The summed E-state index contributed by atoms with van der Waals surface area (Å²) in [5.41, 5.74) is 1.05. The zero-order valence-corrected chi connectivity index (χ0v) is 13.4. The standard InChI is InChI=1S/C16H20N2O2S/c1-10-13-8-12(20-3)4-5-14(13)21-15(10)16(19)18(2)11-6-7-17-9-11/h4-5,8,11,17H,6-7,9H2,1-3H3/t11-/m0/s1. The van der Waals surface area contributed by atoms with E-state index in [-0.39, 0.29) is 5.91 Å². The minimum Gasteiger partial charge on any atom is -0.497 e. The molecule has 0 aliphatic carbocycles. The molecule has 0 saturated carbocycles. The van der Waals surface area contributed by atoms with Crippen LogP contribution in [0.25, 0.3) is 10.1 Å². The number of rotatable bonds is 3. The van der Waals surface area contributed by atoms with Gasteiger partial charge in [0.05, 0.1) is 12.0 Å². The number of hydrogen-bond acceptors (Lipinski definition) is 4. The van der Waals surface area contributed by atoms with Crippen molar-refractivity contribution < 1.29 is 9.53 Å². The molecule has 1 amide bonds. The van der Waals surface area contributed by atoms with E-state index in [9.17, 15) is 4.79 Å². The van der Waals surface area contributed by atoms with Crippen molar-refractivity contribution in [2.45, 2.75) is 19.4 Å². The number of amides is 1. The number of benzene rings is 1. The van der Waals surface area contributed by atoms with Crippen LogP contribution in [0, 0.1) is 6.92 Å². The lowest BCUT2D eigenvalue weighted by molar-refractivity contribution is 0.0748. The fourth-order valence-corrected chi connectivity index (χ4v) is 4.00. The van der Waals surface area contributed by atoms with Gasteiger partial charge in [-0.05, 0) is 49.0 Å². The van der Waals surface area contributed by atoms with Gasteiger partial charge in [0.25, 0.3) is 5.91 Å². The SMILES string of the molecule is COc1ccc2sc(C(=O)N(C)[C@H]3CCNC3)c(C)c2c1. The van der Waals surface area contributed by atoms with Crippen LogP contribution in [-0.2, 0) is 0 Å². The highest BCUT2D eigenvalue weighted by molar-refractivity contribution is 7.21. The minimum atomic E-state index is 0.126. The maximum atomic E-state index is 12.8. The molecular weight excluding hydrogens is 284 g/mol. The number of aryl methyl sites for hydroxylation is 1. The molecule has 1 fully saturated rings. The molecule has 1 N–H and O–H groups in total. The summed E-state index contributed by atoms with van der Waals surface area (Å²) in [6.07, 6.45) is 1.03. The van der Waals surface area contributed by atoms with E-state index in [4.69, 9.17) is 4.74 Å². The van der Waals surface area contributed by atoms with E-state index in [1.807, 2.05) is 37.1 Å². The monoisotopic (exact) mass is 304 g/mol. The molecule has 21 heavy (non-hydrogen) atoms. The number of hydrogen-bond donors (Lipinski definition) is 1. The van der Waals surface area contributed by atoms with Crippen molar-refractivity contribution in [1.82, 2.24) is 10.2 Å². The van der Waals surface area contributed by atoms with Gasteiger partial charge in [0.2, 0.25) is 0 Å². The van der Waals surface area contributed by atoms with Crippen LogP contribution < -0.4 is 10.1 Å². The Morgan fingerprint density at radius 3 is 2.95 bits per heavy atom. The first-order chi connectivity index (χ1) is 10.1. The fourth-order valence-electron chi connectivity index (χ4n) is 2.83. The van der Waals surface area contributed by atoms with Crippen molar-refractivity contribution in [2.75, 3.05) is 27.2 Å². The van der Waals surface area contributed by atoms with Gasteiger partial charge in [-0.25, -0.2) is 0 Å². The van der Waals surface area contributed by atoms with E-state index in [0.29, 0.717) is 6.04 Å². The lowest BCUT2D eigenvalue weighted by Gasteiger charge is -2.23. The molecule has 0 bridgehead atoms. The summed E-state index contributed by atoms with van der Waals surface area (Å²) < 4.78 is 6.41. The molecule has 0 radical (unpaired) electrons. The second-order valence-electron chi connectivity index (χ2n) is 5.48. The smallest absolute Gasteiger partial charge is 0.264 e. The van der Waals surface area contributed by atoms with E-state index in [1.165, 1.54) is 0 Å². The summed E-state index contributed by atoms with van der Waals surface area (Å²) in [7, 11) is 3.57. The highest BCUT2D eigenvalue weighted by Crippen LogP contribution is 2.34. The van der Waals surface area contributed by atoms with Gasteiger partial charge in [-0.15, -0.1) is 11.3 Å². The summed E-state index contributed by atoms with van der Waals surface area (Å²) >= 11 is 1.57. The van der Waals surface area contributed by atoms with Crippen molar-refractivity contribution >= 4 is 27.3 Å². The molecule has 1 atom stereocenters. The lowest BCUT2D eigenvalue weighted by Crippen LogP contribution is -2.38. The second kappa shape index (κ2) is 5.66. The summed E-state index contributed by atoms with van der Waals surface area (Å²) in [5.74, 6) is 0.956. The van der Waals surface area contributed by atoms with Crippen LogP contribution in [0.15, 0.2) is 18.2 Å². The van der Waals surface area contributed by atoms with E-state index in [1.54, 1.807) is 18.4 Å². The highest BCUT2D eigenvalue weighted by Gasteiger charge is 2.26. The predicted octanol–water partition coefficient (Wildman–Crippen LogP) is 2.65. The molecule has 4 nitrogen and oxygen atoms in total. The van der Waals surface area contributed by atoms with Crippen LogP contribution in [0.5, 0.6) is 5.75 Å². The van der Waals surface area contributed by atoms with Crippen molar-refractivity contribution in [3.63, 3.8) is 0 Å². The normalized spacial score (nSPS) is 18.1. The molecule has 2 heterocycles. The maximum Gasteiger partial charge on any atom is 0.264 e. The highest BCUT2D eigenvalue weighted by atomic mass is 32.1. The summed E-state index contributed by atoms with van der Waals surface area (Å²) in [4.78, 5) is 15.5. The van der Waals surface area contributed by atoms with Crippen LogP contribution in [0.2, 0.25) is 0 Å². The minimum absolute atomic E-state index is 0.126. The average Bonchev–Trinajstić information content (AvgIpc) is 3.14. The van der Waals surface area contributed by atoms with Crippen molar-refractivity contribution in [2.24, 2.45) is 0 Å². The van der Waals surface area contributed by atoms with E-state index < -0.39 is 0 Å². The van der Waals surface area contributed by atoms with Gasteiger partial charge in [-0.2, -0.15) is 0 Å². The summed E-state index contributed by atoms with van der Waals surface area (Å²) in [6.45, 7) is 3.90. The van der Waals surface area contributed by atoms with Gasteiger partial charge in [0, 0.05) is 24.3 Å². The first kappa shape index (κ1) is 14.4. The van der Waals surface area contributed by atoms with Gasteiger partial charge >= 0.3 is 0 Å². The van der Waals surface area contributed by atoms with E-state index in [2.05, 4.69) is 5.32 Å². The van der Waals surface area contributed by atoms with Crippen LogP contribution in [0.1, 0.15) is 21.7 Å². The van der Waals surface area contributed by atoms with Crippen molar-refractivity contribution in [3.8, 4) is 5.75 Å². The number of nitrogens with zero attached hydrogens (tertiary/aromatic N) is 1. The Kier molecular flexibility index (Phi) is 3.87. The van der Waals surface area contributed by atoms with Gasteiger partial charge < -0.3 is 15.0 Å². The summed E-state index contributed by atoms with van der Waals surface area (Å²) in [5, 5.41) is 4.42. The molecule has 1 aromatic heterocycles. The van der Waals surface area contributed by atoms with Crippen molar-refractivity contribution in [1.29, 1.82) is 0 Å². The number of nitrogens with one attached hydrogen (secondary N) is 1. The molecule has 1 aliphatic heterocycles. The molecule has 1 aliphatic rings. The number of fused-ring (bicyclic) bond motifs is 1. The lowest BCUT2D eigenvalue weighted by atomic mass is 10.1. The van der Waals surface area contributed by atoms with Crippen LogP contribution in [0.3, 0.4) is 0 Å². The Labute approximate surface area is 128 Å². The Hall–Kier alpha value is -1.59. The van der Waals surface area contributed by atoms with Crippen LogP contribution >= 0.6 is 11.3 Å². The Morgan fingerprint density at radius 1 is 1.48 bits per heavy atom. The van der Waals surface area contributed by atoms with Gasteiger partial charge in [-0.3, -0.25) is 4.79 Å². The van der Waals surface area contributed by atoms with Gasteiger partial charge in [0.1, 0.15) is 5.75 Å². The molecule has 112 valence electrons. The molecule has 5 heteroatoms. The van der Waals surface area contributed by atoms with Gasteiger partial charge in [0.15, 0.2) is 0 Å². The van der Waals surface area contributed by atoms with Gasteiger partial charge in [-0.1, -0.05) is 0 Å². The number of carbonyl (C=O) groups excluding carboxylic acids is 1. The maximum absolute atomic E-state index is 12.8. The topological polar surface area (TPSA) is 41.6 Å². The third kappa shape index (κ3) is 2.51. The third-order valence-corrected chi connectivity index (χ3v) is 5.50. The number of likely N-dealkylation sites (N-methyl/N-ethyl adjacent to an activating group) is 1. The number of carbonyl (C=O) groups is 1. The zero-order chi connectivity index (χ0) is 15.0. The number of thiophene rings is 1. The predicted molar refractivity (Wildman–Crippen MR) is 86.5 cm³/mol. The molecule has 1 aromatic carbocycles. The number of ether oxygens (including phenoxy) is 1. The van der Waals surface area contributed by atoms with Crippen LogP contribution in [-0.4, -0.2) is 44.1 Å². The number of methoxy groups -OCH3 is 1. The molecule has 1 saturated heterocycles. The largest absolute Gasteiger partial charge is 0.497 e. The van der Waals surface area contributed by atoms with Crippen LogP contribution in [0.4, 0.5) is 0 Å². The molecule has 3 rings (SSSR count). The first-order valence-electron chi connectivity index (χ1n) is 7.17. The van der Waals surface area contributed by atoms with E-state index >= 15 is 0 Å². The molecule has 0 unspecified atom stereocenters. The molecule has 2 aromatic rings. The quantitative estimate of drug-likeness (QED) is 0.948. The Balaban J connectivity index is 1.96. The molecular formula is C16H20N2O2S. The first-order valence-corrected chi connectivity index (χ1v) is 7.98. The third-order valence-electron chi connectivity index (χ3n) is 4.24. The van der Waals surface area contributed by atoms with Crippen molar-refractivity contribution in [3.05, 3.63) is 28.6 Å². The van der Waals surface area contributed by atoms with E-state index in [0.717, 1.165) is 45.8 Å². The second-order valence-corrected chi connectivity index (χ2v) is 6.53. The summed E-state index contributed by atoms with van der Waals surface area (Å²) in [6, 6.07) is 6.28. The molecule has 0 spiro atoms. The Bertz CT molecular complexity index is 674. The Morgan fingerprint density at radius 2 is 2.29 bits per heavy atom. The fraction of sp³-hybridized carbons (Fsp3) is 0.438. The average molecular weight is 304 g/mol. The zero-order valence-electron chi connectivity index (χ0n) is 12.6.